The van der Waals surface area contributed by atoms with E-state index in [4.69, 9.17) is 6.42 Å². The summed E-state index contributed by atoms with van der Waals surface area (Å²) in [6.45, 7) is 0.773. The molecule has 1 heterocycles. The monoisotopic (exact) mass is 318 g/mol. The summed E-state index contributed by atoms with van der Waals surface area (Å²) >= 11 is 0. The first-order valence-corrected chi connectivity index (χ1v) is 6.88. The fourth-order valence-corrected chi connectivity index (χ4v) is 2.30. The molecule has 0 radical (unpaired) electrons. The van der Waals surface area contributed by atoms with Gasteiger partial charge in [0.2, 0.25) is 5.43 Å². The van der Waals surface area contributed by atoms with E-state index in [0.29, 0.717) is 17.8 Å². The average molecular weight is 318 g/mol. The number of halogens is 2. The molecule has 4 nitrogen and oxygen atoms in total. The number of benzene rings is 1. The fourth-order valence-electron chi connectivity index (χ4n) is 2.30. The van der Waals surface area contributed by atoms with Gasteiger partial charge in [-0.05, 0) is 17.7 Å². The highest BCUT2D eigenvalue weighted by Gasteiger charge is 2.11. The molecule has 1 N–H and O–H groups in total. The van der Waals surface area contributed by atoms with Gasteiger partial charge in [-0.2, -0.15) is 0 Å². The Kier molecular flexibility index (Phi) is 5.14. The zero-order valence-electron chi connectivity index (χ0n) is 12.6. The second kappa shape index (κ2) is 7.07. The van der Waals surface area contributed by atoms with Crippen LogP contribution in [0.1, 0.15) is 11.3 Å². The van der Waals surface area contributed by atoms with Crippen LogP contribution in [-0.2, 0) is 20.1 Å². The van der Waals surface area contributed by atoms with E-state index >= 15 is 0 Å². The van der Waals surface area contributed by atoms with Gasteiger partial charge < -0.3 is 9.67 Å². The van der Waals surface area contributed by atoms with Crippen LogP contribution in [0.4, 0.5) is 8.78 Å². The van der Waals surface area contributed by atoms with E-state index in [9.17, 15) is 18.7 Å². The average Bonchev–Trinajstić information content (AvgIpc) is 2.43. The zero-order valence-corrected chi connectivity index (χ0v) is 12.6. The maximum Gasteiger partial charge on any atom is 0.223 e. The van der Waals surface area contributed by atoms with E-state index < -0.39 is 17.1 Å². The predicted molar refractivity (Wildman–Crippen MR) is 82.7 cm³/mol. The molecule has 120 valence electrons. The van der Waals surface area contributed by atoms with Gasteiger partial charge in [0.15, 0.2) is 5.75 Å². The molecule has 0 saturated carbocycles. The largest absolute Gasteiger partial charge is 0.503 e. The molecule has 0 saturated heterocycles. The van der Waals surface area contributed by atoms with Crippen molar-refractivity contribution in [2.45, 2.75) is 13.1 Å². The molecule has 0 spiro atoms. The van der Waals surface area contributed by atoms with Gasteiger partial charge in [-0.1, -0.05) is 5.92 Å². The Labute approximate surface area is 132 Å². The minimum absolute atomic E-state index is 0.230. The number of pyridine rings is 1. The number of hydrogen-bond donors (Lipinski definition) is 1. The van der Waals surface area contributed by atoms with Crippen LogP contribution < -0.4 is 5.43 Å². The smallest absolute Gasteiger partial charge is 0.223 e. The van der Waals surface area contributed by atoms with E-state index in [-0.39, 0.29) is 18.8 Å². The van der Waals surface area contributed by atoms with Crippen LogP contribution in [0.25, 0.3) is 0 Å². The molecule has 2 rings (SSSR count). The second-order valence-electron chi connectivity index (χ2n) is 5.25. The summed E-state index contributed by atoms with van der Waals surface area (Å²) in [6.07, 6.45) is 6.65. The Morgan fingerprint density at radius 3 is 2.48 bits per heavy atom. The summed E-state index contributed by atoms with van der Waals surface area (Å²) in [6, 6.07) is 4.59. The van der Waals surface area contributed by atoms with Crippen molar-refractivity contribution in [3.63, 3.8) is 0 Å². The number of aromatic hydroxyl groups is 1. The highest BCUT2D eigenvalue weighted by atomic mass is 19.1. The third kappa shape index (κ3) is 4.41. The van der Waals surface area contributed by atoms with Crippen molar-refractivity contribution in [3.05, 3.63) is 63.6 Å². The normalized spacial score (nSPS) is 10.7. The first-order chi connectivity index (χ1) is 10.9. The van der Waals surface area contributed by atoms with Crippen LogP contribution in [0, 0.1) is 24.0 Å². The quantitative estimate of drug-likeness (QED) is 0.858. The van der Waals surface area contributed by atoms with Crippen LogP contribution in [0.2, 0.25) is 0 Å². The van der Waals surface area contributed by atoms with Gasteiger partial charge in [-0.3, -0.25) is 9.69 Å². The highest BCUT2D eigenvalue weighted by Crippen LogP contribution is 2.13. The Balaban J connectivity index is 2.24. The lowest BCUT2D eigenvalue weighted by Crippen LogP contribution is -2.26. The molecule has 0 aliphatic carbocycles. The molecule has 0 aliphatic heterocycles. The molecular weight excluding hydrogens is 302 g/mol. The third-order valence-corrected chi connectivity index (χ3v) is 3.35. The van der Waals surface area contributed by atoms with Crippen LogP contribution in [0.3, 0.4) is 0 Å². The zero-order chi connectivity index (χ0) is 17.0. The Hall–Kier alpha value is -2.65. The second-order valence-corrected chi connectivity index (χ2v) is 5.25. The minimum atomic E-state index is -0.655. The van der Waals surface area contributed by atoms with Crippen LogP contribution in [0.15, 0.2) is 35.3 Å². The molecule has 2 aromatic rings. The molecule has 0 amide bonds. The topological polar surface area (TPSA) is 45.5 Å². The summed E-state index contributed by atoms with van der Waals surface area (Å²) in [5.74, 6) is 0.834. The van der Waals surface area contributed by atoms with Crippen LogP contribution in [-0.4, -0.2) is 21.1 Å². The summed E-state index contributed by atoms with van der Waals surface area (Å²) in [5.41, 5.74) is 0.581. The SMILES string of the molecule is C#CCN(Cc1cc(F)cc(F)c1)Cc1cc(=O)c(O)cn1C. The Morgan fingerprint density at radius 2 is 1.87 bits per heavy atom. The third-order valence-electron chi connectivity index (χ3n) is 3.35. The molecule has 0 atom stereocenters. The van der Waals surface area contributed by atoms with Gasteiger partial charge in [0.1, 0.15) is 11.6 Å². The van der Waals surface area contributed by atoms with Crippen LogP contribution in [0.5, 0.6) is 5.75 Å². The lowest BCUT2D eigenvalue weighted by molar-refractivity contribution is 0.281. The van der Waals surface area contributed by atoms with Crippen molar-refractivity contribution in [2.75, 3.05) is 6.54 Å². The summed E-state index contributed by atoms with van der Waals surface area (Å²) in [7, 11) is 1.68. The van der Waals surface area contributed by atoms with Gasteiger partial charge in [-0.25, -0.2) is 8.78 Å². The Bertz CT molecular complexity index is 789. The van der Waals surface area contributed by atoms with E-state index in [1.54, 1.807) is 16.5 Å². The molecule has 0 fully saturated rings. The molecule has 0 bridgehead atoms. The number of nitrogens with zero attached hydrogens (tertiary/aromatic N) is 2. The van der Waals surface area contributed by atoms with E-state index in [0.717, 1.165) is 6.07 Å². The van der Waals surface area contributed by atoms with Crippen molar-refractivity contribution in [3.8, 4) is 18.1 Å². The van der Waals surface area contributed by atoms with Crippen molar-refractivity contribution >= 4 is 0 Å². The lowest BCUT2D eigenvalue weighted by atomic mass is 10.2. The first-order valence-electron chi connectivity index (χ1n) is 6.88. The van der Waals surface area contributed by atoms with Gasteiger partial charge >= 0.3 is 0 Å². The fraction of sp³-hybridized carbons (Fsp3) is 0.235. The maximum atomic E-state index is 13.3. The van der Waals surface area contributed by atoms with Gasteiger partial charge in [0.05, 0.1) is 6.54 Å². The minimum Gasteiger partial charge on any atom is -0.503 e. The van der Waals surface area contributed by atoms with Crippen molar-refractivity contribution in [2.24, 2.45) is 7.05 Å². The molecular formula is C17H16F2N2O2. The number of terminal acetylenes is 1. The van der Waals surface area contributed by atoms with Crippen molar-refractivity contribution in [1.29, 1.82) is 0 Å². The molecule has 1 aromatic carbocycles. The van der Waals surface area contributed by atoms with Crippen LogP contribution >= 0.6 is 0 Å². The van der Waals surface area contributed by atoms with Gasteiger partial charge in [0.25, 0.3) is 0 Å². The molecule has 23 heavy (non-hydrogen) atoms. The Morgan fingerprint density at radius 1 is 1.22 bits per heavy atom. The molecule has 6 heteroatoms. The number of aryl methyl sites for hydroxylation is 1. The van der Waals surface area contributed by atoms with E-state index in [2.05, 4.69) is 5.92 Å². The molecule has 0 unspecified atom stereocenters. The van der Waals surface area contributed by atoms with Crippen molar-refractivity contribution < 1.29 is 13.9 Å². The number of aromatic nitrogens is 1. The molecule has 0 aliphatic rings. The number of hydrogen-bond acceptors (Lipinski definition) is 3. The highest BCUT2D eigenvalue weighted by molar-refractivity contribution is 5.21. The van der Waals surface area contributed by atoms with Gasteiger partial charge in [-0.15, -0.1) is 6.42 Å². The van der Waals surface area contributed by atoms with E-state index in [1.807, 2.05) is 0 Å². The predicted octanol–water partition coefficient (Wildman–Crippen LogP) is 2.00. The van der Waals surface area contributed by atoms with Crippen molar-refractivity contribution in [1.82, 2.24) is 9.47 Å². The van der Waals surface area contributed by atoms with E-state index in [1.165, 1.54) is 24.4 Å². The molecule has 1 aromatic heterocycles. The van der Waals surface area contributed by atoms with Gasteiger partial charge in [0, 0.05) is 44.2 Å². The number of rotatable bonds is 5. The summed E-state index contributed by atoms with van der Waals surface area (Å²) < 4.78 is 28.2. The lowest BCUT2D eigenvalue weighted by Gasteiger charge is -2.21. The summed E-state index contributed by atoms with van der Waals surface area (Å²) in [5, 5.41) is 9.40. The summed E-state index contributed by atoms with van der Waals surface area (Å²) in [4.78, 5) is 13.3. The standard InChI is InChI=1S/C17H16F2N2O2/c1-3-4-21(9-12-5-13(18)7-14(19)6-12)10-15-8-16(22)17(23)11-20(15)2/h1,5-8,11,23H,4,9-10H2,2H3. The maximum absolute atomic E-state index is 13.3. The first kappa shape index (κ1) is 16.7.